The van der Waals surface area contributed by atoms with Gasteiger partial charge in [-0.3, -0.25) is 4.79 Å². The molecule has 1 aliphatic carbocycles. The summed E-state index contributed by atoms with van der Waals surface area (Å²) < 4.78 is 0. The van der Waals surface area contributed by atoms with Gasteiger partial charge in [0.15, 0.2) is 0 Å². The van der Waals surface area contributed by atoms with E-state index in [0.29, 0.717) is 11.1 Å². The van der Waals surface area contributed by atoms with Crippen LogP contribution in [0.5, 0.6) is 0 Å². The summed E-state index contributed by atoms with van der Waals surface area (Å²) in [6, 6.07) is 7.22. The molecule has 1 aliphatic rings. The minimum absolute atomic E-state index is 0.0846. The maximum absolute atomic E-state index is 12.0. The van der Waals surface area contributed by atoms with Gasteiger partial charge in [0.05, 0.1) is 5.56 Å². The van der Waals surface area contributed by atoms with Gasteiger partial charge in [-0.15, -0.1) is 0 Å². The molecular weight excluding hydrogens is 238 g/mol. The first-order valence-electron chi connectivity index (χ1n) is 6.78. The fraction of sp³-hybridized carbons (Fsp3) is 0.438. The predicted octanol–water partition coefficient (Wildman–Crippen LogP) is 1.95. The summed E-state index contributed by atoms with van der Waals surface area (Å²) in [5.41, 5.74) is 1.24. The Morgan fingerprint density at radius 3 is 2.89 bits per heavy atom. The average molecular weight is 257 g/mol. The summed E-state index contributed by atoms with van der Waals surface area (Å²) in [5.74, 6) is 6.20. The second kappa shape index (κ2) is 6.96. The van der Waals surface area contributed by atoms with Crippen LogP contribution in [0.25, 0.3) is 0 Å². The van der Waals surface area contributed by atoms with Crippen LogP contribution in [-0.4, -0.2) is 24.2 Å². The zero-order chi connectivity index (χ0) is 13.5. The number of carbonyl (C=O) groups excluding carboxylic acids is 1. The summed E-state index contributed by atoms with van der Waals surface area (Å²) >= 11 is 0. The third-order valence-electron chi connectivity index (χ3n) is 3.25. The van der Waals surface area contributed by atoms with Gasteiger partial charge in [-0.2, -0.15) is 0 Å². The smallest absolute Gasteiger partial charge is 0.252 e. The Labute approximate surface area is 114 Å². The molecule has 1 aromatic carbocycles. The number of amides is 1. The van der Waals surface area contributed by atoms with Crippen molar-refractivity contribution in [1.82, 2.24) is 5.32 Å². The molecule has 1 aromatic rings. The minimum Gasteiger partial charge on any atom is -0.384 e. The summed E-state index contributed by atoms with van der Waals surface area (Å²) in [4.78, 5) is 12.0. The predicted molar refractivity (Wildman–Crippen MR) is 74.7 cm³/mol. The summed E-state index contributed by atoms with van der Waals surface area (Å²) in [5, 5.41) is 11.6. The van der Waals surface area contributed by atoms with Gasteiger partial charge < -0.3 is 10.4 Å². The molecule has 2 rings (SSSR count). The fourth-order valence-electron chi connectivity index (χ4n) is 2.02. The molecular formula is C16H19NO2. The van der Waals surface area contributed by atoms with E-state index >= 15 is 0 Å². The van der Waals surface area contributed by atoms with Crippen LogP contribution in [0.2, 0.25) is 0 Å². The molecule has 3 heteroatoms. The molecule has 1 saturated carbocycles. The van der Waals surface area contributed by atoms with Gasteiger partial charge in [-0.25, -0.2) is 0 Å². The normalized spacial score (nSPS) is 13.5. The average Bonchev–Trinajstić information content (AvgIpc) is 3.25. The molecule has 0 atom stereocenters. The first-order valence-corrected chi connectivity index (χ1v) is 6.78. The van der Waals surface area contributed by atoms with Crippen molar-refractivity contribution in [2.45, 2.75) is 25.7 Å². The highest BCUT2D eigenvalue weighted by Crippen LogP contribution is 2.33. The molecule has 2 N–H and O–H groups in total. The Morgan fingerprint density at radius 1 is 1.37 bits per heavy atom. The van der Waals surface area contributed by atoms with Gasteiger partial charge in [0, 0.05) is 12.1 Å². The molecule has 0 unspecified atom stereocenters. The number of aliphatic hydroxyl groups excluding tert-OH is 1. The molecule has 19 heavy (non-hydrogen) atoms. The molecule has 0 spiro atoms. The Balaban J connectivity index is 1.89. The van der Waals surface area contributed by atoms with E-state index in [2.05, 4.69) is 17.2 Å². The quantitative estimate of drug-likeness (QED) is 0.625. The molecule has 0 saturated heterocycles. The van der Waals surface area contributed by atoms with Gasteiger partial charge in [0.25, 0.3) is 5.91 Å². The number of hydrogen-bond acceptors (Lipinski definition) is 2. The molecule has 0 bridgehead atoms. The van der Waals surface area contributed by atoms with E-state index in [-0.39, 0.29) is 12.5 Å². The van der Waals surface area contributed by atoms with E-state index in [0.717, 1.165) is 18.9 Å². The van der Waals surface area contributed by atoms with E-state index < -0.39 is 0 Å². The highest BCUT2D eigenvalue weighted by Gasteiger charge is 2.20. The van der Waals surface area contributed by atoms with Crippen molar-refractivity contribution in [3.8, 4) is 11.8 Å². The molecule has 0 heterocycles. The Hall–Kier alpha value is -1.79. The van der Waals surface area contributed by atoms with Crippen molar-refractivity contribution in [2.75, 3.05) is 13.2 Å². The van der Waals surface area contributed by atoms with E-state index in [9.17, 15) is 4.79 Å². The monoisotopic (exact) mass is 257 g/mol. The number of carbonyl (C=O) groups is 1. The molecule has 0 radical (unpaired) electrons. The molecule has 1 fully saturated rings. The fourth-order valence-corrected chi connectivity index (χ4v) is 2.02. The standard InChI is InChI=1S/C16H19NO2/c18-12-4-7-14-6-1-2-8-15(14)16(19)17-11-3-5-13-9-10-13/h1-2,6,8,13,18H,3,5,9-12H2,(H,17,19). The zero-order valence-corrected chi connectivity index (χ0v) is 11.0. The maximum atomic E-state index is 12.0. The van der Waals surface area contributed by atoms with Crippen LogP contribution in [0, 0.1) is 17.8 Å². The summed E-state index contributed by atoms with van der Waals surface area (Å²) in [6.07, 6.45) is 4.97. The second-order valence-electron chi connectivity index (χ2n) is 4.85. The lowest BCUT2D eigenvalue weighted by molar-refractivity contribution is 0.0952. The lowest BCUT2D eigenvalue weighted by Gasteiger charge is -2.06. The van der Waals surface area contributed by atoms with E-state index in [1.54, 1.807) is 12.1 Å². The van der Waals surface area contributed by atoms with E-state index in [1.165, 1.54) is 19.3 Å². The van der Waals surface area contributed by atoms with Crippen LogP contribution >= 0.6 is 0 Å². The highest BCUT2D eigenvalue weighted by molar-refractivity contribution is 5.96. The molecule has 0 aliphatic heterocycles. The Kier molecular flexibility index (Phi) is 5.00. The van der Waals surface area contributed by atoms with Crippen LogP contribution in [0.15, 0.2) is 24.3 Å². The Bertz CT molecular complexity index is 495. The van der Waals surface area contributed by atoms with Crippen molar-refractivity contribution in [3.05, 3.63) is 35.4 Å². The van der Waals surface area contributed by atoms with Crippen LogP contribution in [-0.2, 0) is 0 Å². The lowest BCUT2D eigenvalue weighted by Crippen LogP contribution is -2.25. The summed E-state index contributed by atoms with van der Waals surface area (Å²) in [6.45, 7) is 0.522. The van der Waals surface area contributed by atoms with Crippen LogP contribution < -0.4 is 5.32 Å². The minimum atomic E-state index is -0.197. The van der Waals surface area contributed by atoms with Crippen molar-refractivity contribution >= 4 is 5.91 Å². The molecule has 0 aromatic heterocycles. The lowest BCUT2D eigenvalue weighted by atomic mass is 10.1. The third-order valence-corrected chi connectivity index (χ3v) is 3.25. The largest absolute Gasteiger partial charge is 0.384 e. The highest BCUT2D eigenvalue weighted by atomic mass is 16.2. The van der Waals surface area contributed by atoms with Gasteiger partial charge in [0.2, 0.25) is 0 Å². The van der Waals surface area contributed by atoms with Crippen molar-refractivity contribution in [2.24, 2.45) is 5.92 Å². The van der Waals surface area contributed by atoms with Crippen molar-refractivity contribution in [1.29, 1.82) is 0 Å². The van der Waals surface area contributed by atoms with E-state index in [4.69, 9.17) is 5.11 Å². The second-order valence-corrected chi connectivity index (χ2v) is 4.85. The molecule has 100 valence electrons. The SMILES string of the molecule is O=C(NCCCC1CC1)c1ccccc1C#CCO. The number of benzene rings is 1. The topological polar surface area (TPSA) is 49.3 Å². The summed E-state index contributed by atoms with van der Waals surface area (Å²) in [7, 11) is 0. The Morgan fingerprint density at radius 2 is 2.16 bits per heavy atom. The van der Waals surface area contributed by atoms with Crippen molar-refractivity contribution < 1.29 is 9.90 Å². The van der Waals surface area contributed by atoms with Crippen LogP contribution in [0.3, 0.4) is 0 Å². The van der Waals surface area contributed by atoms with Gasteiger partial charge in [0.1, 0.15) is 6.61 Å². The number of nitrogens with one attached hydrogen (secondary N) is 1. The number of hydrogen-bond donors (Lipinski definition) is 2. The van der Waals surface area contributed by atoms with Crippen LogP contribution in [0.1, 0.15) is 41.6 Å². The number of aliphatic hydroxyl groups is 1. The van der Waals surface area contributed by atoms with Gasteiger partial charge >= 0.3 is 0 Å². The first-order chi connectivity index (χ1) is 9.31. The number of rotatable bonds is 5. The van der Waals surface area contributed by atoms with Gasteiger partial charge in [-0.1, -0.05) is 36.8 Å². The maximum Gasteiger partial charge on any atom is 0.252 e. The zero-order valence-electron chi connectivity index (χ0n) is 11.0. The molecule has 1 amide bonds. The first kappa shape index (κ1) is 13.6. The molecule has 3 nitrogen and oxygen atoms in total. The van der Waals surface area contributed by atoms with E-state index in [1.807, 2.05) is 12.1 Å². The van der Waals surface area contributed by atoms with Crippen LogP contribution in [0.4, 0.5) is 0 Å². The van der Waals surface area contributed by atoms with Crippen molar-refractivity contribution in [3.63, 3.8) is 0 Å². The van der Waals surface area contributed by atoms with Gasteiger partial charge in [-0.05, 0) is 30.9 Å². The third kappa shape index (κ3) is 4.42.